The van der Waals surface area contributed by atoms with Crippen LogP contribution in [0.15, 0.2) is 18.3 Å². The standard InChI is InChI=1S/C12H18N2O2S/c1-9(6-7-17-3)14(2)11-5-4-10(8-13-11)12(15)16/h4-5,8-9H,6-7H2,1-3H3,(H,15,16). The molecule has 1 unspecified atom stereocenters. The highest BCUT2D eigenvalue weighted by Gasteiger charge is 2.11. The van der Waals surface area contributed by atoms with Gasteiger partial charge in [-0.1, -0.05) is 0 Å². The van der Waals surface area contributed by atoms with Crippen LogP contribution in [-0.2, 0) is 0 Å². The molecule has 0 bridgehead atoms. The molecule has 0 radical (unpaired) electrons. The molecule has 1 aromatic heterocycles. The minimum Gasteiger partial charge on any atom is -0.478 e. The second kappa shape index (κ2) is 6.49. The maximum absolute atomic E-state index is 10.7. The Morgan fingerprint density at radius 1 is 1.59 bits per heavy atom. The van der Waals surface area contributed by atoms with Crippen LogP contribution >= 0.6 is 11.8 Å². The van der Waals surface area contributed by atoms with Gasteiger partial charge in [0.2, 0.25) is 0 Å². The Kier molecular flexibility index (Phi) is 5.28. The van der Waals surface area contributed by atoms with Crippen molar-refractivity contribution in [3.8, 4) is 0 Å². The highest BCUT2D eigenvalue weighted by atomic mass is 32.2. The van der Waals surface area contributed by atoms with E-state index < -0.39 is 5.97 Å². The van der Waals surface area contributed by atoms with E-state index in [2.05, 4.69) is 23.1 Å². The molecule has 1 atom stereocenters. The molecule has 0 spiro atoms. The zero-order chi connectivity index (χ0) is 12.8. The highest BCUT2D eigenvalue weighted by Crippen LogP contribution is 2.15. The maximum Gasteiger partial charge on any atom is 0.337 e. The van der Waals surface area contributed by atoms with Crippen LogP contribution in [0.25, 0.3) is 0 Å². The fraction of sp³-hybridized carbons (Fsp3) is 0.500. The van der Waals surface area contributed by atoms with Crippen molar-refractivity contribution in [3.05, 3.63) is 23.9 Å². The fourth-order valence-electron chi connectivity index (χ4n) is 1.43. The molecule has 0 saturated carbocycles. The van der Waals surface area contributed by atoms with Crippen molar-refractivity contribution >= 4 is 23.5 Å². The summed E-state index contributed by atoms with van der Waals surface area (Å²) in [5.41, 5.74) is 0.221. The first kappa shape index (κ1) is 13.8. The van der Waals surface area contributed by atoms with Crippen LogP contribution in [0.2, 0.25) is 0 Å². The summed E-state index contributed by atoms with van der Waals surface area (Å²) in [7, 11) is 1.98. The summed E-state index contributed by atoms with van der Waals surface area (Å²) in [6, 6.07) is 3.73. The Morgan fingerprint density at radius 3 is 2.76 bits per heavy atom. The van der Waals surface area contributed by atoms with E-state index in [1.165, 1.54) is 6.20 Å². The summed E-state index contributed by atoms with van der Waals surface area (Å²) < 4.78 is 0. The lowest BCUT2D eigenvalue weighted by molar-refractivity contribution is 0.0696. The van der Waals surface area contributed by atoms with Gasteiger partial charge in [-0.15, -0.1) is 0 Å². The predicted molar refractivity (Wildman–Crippen MR) is 72.1 cm³/mol. The van der Waals surface area contributed by atoms with E-state index in [1.807, 2.05) is 18.8 Å². The van der Waals surface area contributed by atoms with E-state index in [9.17, 15) is 4.79 Å². The number of anilines is 1. The number of hydrogen-bond acceptors (Lipinski definition) is 4. The SMILES string of the molecule is CSCCC(C)N(C)c1ccc(C(=O)O)cn1. The van der Waals surface area contributed by atoms with Crippen molar-refractivity contribution in [2.45, 2.75) is 19.4 Å². The molecule has 0 aliphatic carbocycles. The summed E-state index contributed by atoms with van der Waals surface area (Å²) in [5, 5.41) is 8.78. The van der Waals surface area contributed by atoms with E-state index in [-0.39, 0.29) is 5.56 Å². The van der Waals surface area contributed by atoms with E-state index in [0.717, 1.165) is 18.0 Å². The number of rotatable bonds is 6. The summed E-state index contributed by atoms with van der Waals surface area (Å²) in [4.78, 5) is 16.9. The number of carboxylic acid groups (broad SMARTS) is 1. The van der Waals surface area contributed by atoms with Gasteiger partial charge in [-0.25, -0.2) is 9.78 Å². The van der Waals surface area contributed by atoms with Crippen LogP contribution < -0.4 is 4.90 Å². The summed E-state index contributed by atoms with van der Waals surface area (Å²) in [5.74, 6) is 0.976. The van der Waals surface area contributed by atoms with Gasteiger partial charge in [0.05, 0.1) is 5.56 Å². The van der Waals surface area contributed by atoms with Crippen molar-refractivity contribution in [2.24, 2.45) is 0 Å². The quantitative estimate of drug-likeness (QED) is 0.844. The molecule has 94 valence electrons. The molecule has 0 aliphatic rings. The third-order valence-corrected chi connectivity index (χ3v) is 3.40. The third kappa shape index (κ3) is 3.93. The van der Waals surface area contributed by atoms with Crippen molar-refractivity contribution in [1.29, 1.82) is 0 Å². The lowest BCUT2D eigenvalue weighted by atomic mass is 10.2. The summed E-state index contributed by atoms with van der Waals surface area (Å²) in [6.07, 6.45) is 4.57. The van der Waals surface area contributed by atoms with Gasteiger partial charge in [-0.2, -0.15) is 11.8 Å². The van der Waals surface area contributed by atoms with Crippen LogP contribution in [0.3, 0.4) is 0 Å². The van der Waals surface area contributed by atoms with Gasteiger partial charge in [0.25, 0.3) is 0 Å². The third-order valence-electron chi connectivity index (χ3n) is 2.76. The van der Waals surface area contributed by atoms with Crippen LogP contribution in [0.5, 0.6) is 0 Å². The smallest absolute Gasteiger partial charge is 0.337 e. The van der Waals surface area contributed by atoms with Gasteiger partial charge in [0, 0.05) is 19.3 Å². The van der Waals surface area contributed by atoms with Crippen molar-refractivity contribution in [3.63, 3.8) is 0 Å². The number of aromatic carboxylic acids is 1. The lowest BCUT2D eigenvalue weighted by Gasteiger charge is -2.25. The zero-order valence-electron chi connectivity index (χ0n) is 10.4. The van der Waals surface area contributed by atoms with E-state index >= 15 is 0 Å². The normalized spacial score (nSPS) is 12.2. The average Bonchev–Trinajstić information content (AvgIpc) is 2.35. The molecule has 17 heavy (non-hydrogen) atoms. The number of pyridine rings is 1. The van der Waals surface area contributed by atoms with Gasteiger partial charge in [-0.05, 0) is 37.5 Å². The Morgan fingerprint density at radius 2 is 2.29 bits per heavy atom. The van der Waals surface area contributed by atoms with Crippen molar-refractivity contribution in [1.82, 2.24) is 4.98 Å². The largest absolute Gasteiger partial charge is 0.478 e. The molecule has 5 heteroatoms. The second-order valence-electron chi connectivity index (χ2n) is 3.95. The summed E-state index contributed by atoms with van der Waals surface area (Å²) in [6.45, 7) is 2.14. The first-order valence-electron chi connectivity index (χ1n) is 5.47. The molecule has 0 fully saturated rings. The summed E-state index contributed by atoms with van der Waals surface area (Å²) >= 11 is 1.82. The van der Waals surface area contributed by atoms with Gasteiger partial charge in [-0.3, -0.25) is 0 Å². The monoisotopic (exact) mass is 254 g/mol. The number of nitrogens with zero attached hydrogens (tertiary/aromatic N) is 2. The molecule has 0 aromatic carbocycles. The van der Waals surface area contributed by atoms with Crippen LogP contribution in [0.1, 0.15) is 23.7 Å². The van der Waals surface area contributed by atoms with Crippen LogP contribution in [0.4, 0.5) is 5.82 Å². The molecule has 1 N–H and O–H groups in total. The minimum absolute atomic E-state index is 0.221. The molecule has 0 amide bonds. The van der Waals surface area contributed by atoms with Gasteiger partial charge in [0.1, 0.15) is 5.82 Å². The fourth-order valence-corrected chi connectivity index (χ4v) is 2.01. The Hall–Kier alpha value is -1.23. The average molecular weight is 254 g/mol. The highest BCUT2D eigenvalue weighted by molar-refractivity contribution is 7.98. The molecule has 4 nitrogen and oxygen atoms in total. The maximum atomic E-state index is 10.7. The minimum atomic E-state index is -0.942. The lowest BCUT2D eigenvalue weighted by Crippen LogP contribution is -2.30. The number of carboxylic acids is 1. The molecule has 1 aromatic rings. The number of thioether (sulfide) groups is 1. The van der Waals surface area contributed by atoms with Gasteiger partial charge < -0.3 is 10.0 Å². The van der Waals surface area contributed by atoms with E-state index in [0.29, 0.717) is 6.04 Å². The Balaban J connectivity index is 2.68. The Bertz CT molecular complexity index is 367. The van der Waals surface area contributed by atoms with Crippen molar-refractivity contribution in [2.75, 3.05) is 24.0 Å². The first-order valence-corrected chi connectivity index (χ1v) is 6.86. The van der Waals surface area contributed by atoms with Crippen LogP contribution in [-0.4, -0.2) is 41.2 Å². The van der Waals surface area contributed by atoms with Gasteiger partial charge in [0.15, 0.2) is 0 Å². The number of hydrogen-bond donors (Lipinski definition) is 1. The molecule has 1 heterocycles. The topological polar surface area (TPSA) is 53.4 Å². The molecule has 0 aliphatic heterocycles. The number of carbonyl (C=O) groups is 1. The Labute approximate surface area is 106 Å². The molecule has 0 saturated heterocycles. The predicted octanol–water partition coefficient (Wildman–Crippen LogP) is 2.36. The number of aromatic nitrogens is 1. The first-order chi connectivity index (χ1) is 8.06. The molecular weight excluding hydrogens is 236 g/mol. The molecule has 1 rings (SSSR count). The van der Waals surface area contributed by atoms with E-state index in [1.54, 1.807) is 12.1 Å². The van der Waals surface area contributed by atoms with Crippen LogP contribution in [0, 0.1) is 0 Å². The zero-order valence-corrected chi connectivity index (χ0v) is 11.2. The second-order valence-corrected chi connectivity index (χ2v) is 4.94. The van der Waals surface area contributed by atoms with Crippen molar-refractivity contribution < 1.29 is 9.90 Å². The van der Waals surface area contributed by atoms with Gasteiger partial charge >= 0.3 is 5.97 Å². The molecular formula is C12H18N2O2S. The van der Waals surface area contributed by atoms with E-state index in [4.69, 9.17) is 5.11 Å².